The molecule has 0 aliphatic heterocycles. The van der Waals surface area contributed by atoms with Gasteiger partial charge in [-0.05, 0) is 12.8 Å². The van der Waals surface area contributed by atoms with Gasteiger partial charge in [0.25, 0.3) is 0 Å². The first-order valence-corrected chi connectivity index (χ1v) is 7.17. The van der Waals surface area contributed by atoms with Crippen molar-refractivity contribution in [2.45, 2.75) is 58.0 Å². The predicted octanol–water partition coefficient (Wildman–Crippen LogP) is 2.12. The van der Waals surface area contributed by atoms with E-state index in [2.05, 4.69) is 13.8 Å². The molecule has 0 atom stereocenters. The van der Waals surface area contributed by atoms with Crippen molar-refractivity contribution in [2.75, 3.05) is 33.0 Å². The molecule has 4 nitrogen and oxygen atoms in total. The van der Waals surface area contributed by atoms with Crippen LogP contribution in [0.15, 0.2) is 0 Å². The van der Waals surface area contributed by atoms with E-state index in [9.17, 15) is 5.11 Å². The lowest BCUT2D eigenvalue weighted by Gasteiger charge is -2.28. The Bertz CT molecular complexity index is 165. The molecule has 0 radical (unpaired) electrons. The van der Waals surface area contributed by atoms with Crippen molar-refractivity contribution in [2.24, 2.45) is 0 Å². The molecule has 0 spiro atoms. The van der Waals surface area contributed by atoms with E-state index in [-0.39, 0.29) is 6.61 Å². The Morgan fingerprint density at radius 2 is 1.44 bits per heavy atom. The summed E-state index contributed by atoms with van der Waals surface area (Å²) in [6, 6.07) is 0. The van der Waals surface area contributed by atoms with E-state index >= 15 is 0 Å². The second-order valence-electron chi connectivity index (χ2n) is 4.82. The van der Waals surface area contributed by atoms with Crippen molar-refractivity contribution in [1.82, 2.24) is 0 Å². The molecule has 0 saturated heterocycles. The first kappa shape index (κ1) is 17.8. The number of rotatable bonds is 13. The van der Waals surface area contributed by atoms with E-state index in [0.29, 0.717) is 26.4 Å². The quantitative estimate of drug-likeness (QED) is 0.499. The van der Waals surface area contributed by atoms with Crippen LogP contribution in [0.3, 0.4) is 0 Å². The molecule has 0 aliphatic rings. The van der Waals surface area contributed by atoms with Crippen LogP contribution in [-0.4, -0.2) is 48.8 Å². The van der Waals surface area contributed by atoms with Crippen molar-refractivity contribution in [1.29, 1.82) is 0 Å². The summed E-state index contributed by atoms with van der Waals surface area (Å²) in [6.07, 6.45) is 5.86. The number of ether oxygens (including phenoxy) is 2. The van der Waals surface area contributed by atoms with Crippen molar-refractivity contribution in [3.63, 3.8) is 0 Å². The smallest absolute Gasteiger partial charge is 0.0880 e. The van der Waals surface area contributed by atoms with Crippen LogP contribution in [0.1, 0.15) is 52.4 Å². The van der Waals surface area contributed by atoms with E-state index < -0.39 is 5.60 Å². The van der Waals surface area contributed by atoms with E-state index in [1.807, 2.05) is 0 Å². The highest BCUT2D eigenvalue weighted by molar-refractivity contribution is 4.77. The van der Waals surface area contributed by atoms with Gasteiger partial charge in [-0.2, -0.15) is 0 Å². The second kappa shape index (κ2) is 11.9. The van der Waals surface area contributed by atoms with Gasteiger partial charge in [0.2, 0.25) is 0 Å². The molecule has 0 saturated carbocycles. The highest BCUT2D eigenvalue weighted by Crippen LogP contribution is 2.21. The summed E-state index contributed by atoms with van der Waals surface area (Å²) in [5.74, 6) is 0. The lowest BCUT2D eigenvalue weighted by Crippen LogP contribution is -2.35. The summed E-state index contributed by atoms with van der Waals surface area (Å²) >= 11 is 0. The number of hydrogen-bond acceptors (Lipinski definition) is 4. The molecule has 0 aromatic carbocycles. The van der Waals surface area contributed by atoms with Gasteiger partial charge in [0, 0.05) is 0 Å². The fraction of sp³-hybridized carbons (Fsp3) is 1.00. The molecular weight excluding hydrogens is 232 g/mol. The number of aliphatic hydroxyl groups is 2. The SMILES string of the molecule is CCCCC(O)(CCCC)COCCOCCO. The molecule has 4 heteroatoms. The molecule has 2 N–H and O–H groups in total. The molecule has 0 bridgehead atoms. The molecule has 0 rings (SSSR count). The summed E-state index contributed by atoms with van der Waals surface area (Å²) in [4.78, 5) is 0. The minimum absolute atomic E-state index is 0.0386. The zero-order valence-corrected chi connectivity index (χ0v) is 12.0. The third-order valence-corrected chi connectivity index (χ3v) is 2.97. The Kier molecular flexibility index (Phi) is 11.8. The standard InChI is InChI=1S/C14H30O4/c1-3-5-7-14(16,8-6-4-2)13-18-12-11-17-10-9-15/h15-16H,3-13H2,1-2H3. The number of aliphatic hydroxyl groups excluding tert-OH is 1. The Morgan fingerprint density at radius 1 is 0.889 bits per heavy atom. The van der Waals surface area contributed by atoms with Gasteiger partial charge in [0.1, 0.15) is 0 Å². The predicted molar refractivity (Wildman–Crippen MR) is 72.7 cm³/mol. The van der Waals surface area contributed by atoms with Gasteiger partial charge in [-0.3, -0.25) is 0 Å². The fourth-order valence-corrected chi connectivity index (χ4v) is 1.83. The Balaban J connectivity index is 3.77. The largest absolute Gasteiger partial charge is 0.394 e. The molecule has 0 aromatic heterocycles. The van der Waals surface area contributed by atoms with E-state index in [1.165, 1.54) is 0 Å². The minimum Gasteiger partial charge on any atom is -0.394 e. The average Bonchev–Trinajstić information content (AvgIpc) is 2.38. The molecule has 0 fully saturated rings. The molecule has 0 aromatic rings. The normalized spacial score (nSPS) is 12.0. The second-order valence-corrected chi connectivity index (χ2v) is 4.82. The van der Waals surface area contributed by atoms with Crippen LogP contribution < -0.4 is 0 Å². The monoisotopic (exact) mass is 262 g/mol. The first-order valence-electron chi connectivity index (χ1n) is 7.17. The molecule has 18 heavy (non-hydrogen) atoms. The molecule has 110 valence electrons. The van der Waals surface area contributed by atoms with Crippen LogP contribution in [0.25, 0.3) is 0 Å². The van der Waals surface area contributed by atoms with Gasteiger partial charge in [-0.25, -0.2) is 0 Å². The van der Waals surface area contributed by atoms with Crippen LogP contribution in [0.5, 0.6) is 0 Å². The van der Waals surface area contributed by atoms with Crippen molar-refractivity contribution < 1.29 is 19.7 Å². The summed E-state index contributed by atoms with van der Waals surface area (Å²) in [7, 11) is 0. The Morgan fingerprint density at radius 3 is 1.94 bits per heavy atom. The Hall–Kier alpha value is -0.160. The zero-order chi connectivity index (χ0) is 13.7. The third kappa shape index (κ3) is 9.83. The Labute approximate surface area is 111 Å². The molecule has 0 unspecified atom stereocenters. The van der Waals surface area contributed by atoms with Gasteiger partial charge in [-0.15, -0.1) is 0 Å². The van der Waals surface area contributed by atoms with Gasteiger partial charge in [-0.1, -0.05) is 39.5 Å². The lowest BCUT2D eigenvalue weighted by atomic mass is 9.92. The van der Waals surface area contributed by atoms with Crippen LogP contribution in [-0.2, 0) is 9.47 Å². The van der Waals surface area contributed by atoms with Gasteiger partial charge in [0.15, 0.2) is 0 Å². The third-order valence-electron chi connectivity index (χ3n) is 2.97. The van der Waals surface area contributed by atoms with Crippen LogP contribution in [0.2, 0.25) is 0 Å². The van der Waals surface area contributed by atoms with E-state index in [4.69, 9.17) is 14.6 Å². The van der Waals surface area contributed by atoms with Gasteiger partial charge < -0.3 is 19.7 Å². The van der Waals surface area contributed by atoms with Crippen LogP contribution in [0.4, 0.5) is 0 Å². The summed E-state index contributed by atoms with van der Waals surface area (Å²) in [6.45, 7) is 5.97. The van der Waals surface area contributed by atoms with Gasteiger partial charge in [0.05, 0.1) is 38.6 Å². The number of hydrogen-bond donors (Lipinski definition) is 2. The molecule has 0 aliphatic carbocycles. The highest BCUT2D eigenvalue weighted by Gasteiger charge is 2.25. The summed E-state index contributed by atoms with van der Waals surface area (Å²) in [5, 5.41) is 19.0. The summed E-state index contributed by atoms with van der Waals surface area (Å²) in [5.41, 5.74) is -0.678. The zero-order valence-electron chi connectivity index (χ0n) is 12.0. The fourth-order valence-electron chi connectivity index (χ4n) is 1.83. The number of unbranched alkanes of at least 4 members (excludes halogenated alkanes) is 2. The maximum absolute atomic E-state index is 10.5. The minimum atomic E-state index is -0.678. The topological polar surface area (TPSA) is 58.9 Å². The molecular formula is C14H30O4. The molecule has 0 amide bonds. The maximum Gasteiger partial charge on any atom is 0.0880 e. The van der Waals surface area contributed by atoms with Crippen LogP contribution >= 0.6 is 0 Å². The first-order chi connectivity index (χ1) is 8.68. The highest BCUT2D eigenvalue weighted by atomic mass is 16.5. The lowest BCUT2D eigenvalue weighted by molar-refractivity contribution is -0.0704. The van der Waals surface area contributed by atoms with Gasteiger partial charge >= 0.3 is 0 Å². The van der Waals surface area contributed by atoms with Crippen molar-refractivity contribution >= 4 is 0 Å². The van der Waals surface area contributed by atoms with Crippen molar-refractivity contribution in [3.05, 3.63) is 0 Å². The van der Waals surface area contributed by atoms with E-state index in [1.54, 1.807) is 0 Å². The average molecular weight is 262 g/mol. The summed E-state index contributed by atoms with van der Waals surface area (Å²) < 4.78 is 10.6. The molecule has 0 heterocycles. The van der Waals surface area contributed by atoms with Crippen molar-refractivity contribution in [3.8, 4) is 0 Å². The maximum atomic E-state index is 10.5. The van der Waals surface area contributed by atoms with E-state index in [0.717, 1.165) is 38.5 Å². The van der Waals surface area contributed by atoms with Crippen LogP contribution in [0, 0.1) is 0 Å².